The Hall–Kier alpha value is -3.28. The van der Waals surface area contributed by atoms with Gasteiger partial charge in [0.1, 0.15) is 6.17 Å². The lowest BCUT2D eigenvalue weighted by Crippen LogP contribution is -2.62. The summed E-state index contributed by atoms with van der Waals surface area (Å²) in [6.07, 6.45) is 5.42. The van der Waals surface area contributed by atoms with Crippen LogP contribution in [0, 0.1) is 5.41 Å². The monoisotopic (exact) mass is 528 g/mol. The van der Waals surface area contributed by atoms with E-state index in [0.29, 0.717) is 30.4 Å². The zero-order valence-corrected chi connectivity index (χ0v) is 23.9. The summed E-state index contributed by atoms with van der Waals surface area (Å²) >= 11 is 0. The van der Waals surface area contributed by atoms with Crippen LogP contribution in [0.25, 0.3) is 0 Å². The number of carbonyl (C=O) groups is 4. The van der Waals surface area contributed by atoms with Gasteiger partial charge in [-0.1, -0.05) is 65.3 Å². The van der Waals surface area contributed by atoms with E-state index in [4.69, 9.17) is 0 Å². The van der Waals surface area contributed by atoms with Gasteiger partial charge in [-0.3, -0.25) is 29.0 Å². The van der Waals surface area contributed by atoms with E-state index in [0.717, 1.165) is 47.9 Å². The highest BCUT2D eigenvalue weighted by Crippen LogP contribution is 2.45. The van der Waals surface area contributed by atoms with E-state index in [1.54, 1.807) is 12.1 Å². The van der Waals surface area contributed by atoms with Gasteiger partial charge in [0, 0.05) is 11.1 Å². The maximum absolute atomic E-state index is 14.0. The molecule has 6 heteroatoms. The van der Waals surface area contributed by atoms with Crippen molar-refractivity contribution in [1.82, 2.24) is 9.80 Å². The van der Waals surface area contributed by atoms with Crippen LogP contribution < -0.4 is 0 Å². The second-order valence-electron chi connectivity index (χ2n) is 12.6. The van der Waals surface area contributed by atoms with E-state index in [-0.39, 0.29) is 17.2 Å². The third-order valence-corrected chi connectivity index (χ3v) is 8.33. The zero-order valence-electron chi connectivity index (χ0n) is 23.9. The van der Waals surface area contributed by atoms with E-state index in [1.165, 1.54) is 16.2 Å². The molecular weight excluding hydrogens is 488 g/mol. The minimum atomic E-state index is -0.956. The van der Waals surface area contributed by atoms with Crippen molar-refractivity contribution >= 4 is 23.6 Å². The van der Waals surface area contributed by atoms with Crippen LogP contribution in [0.2, 0.25) is 0 Å². The van der Waals surface area contributed by atoms with Crippen molar-refractivity contribution in [2.24, 2.45) is 5.41 Å². The van der Waals surface area contributed by atoms with E-state index in [2.05, 4.69) is 13.8 Å². The molecule has 2 unspecified atom stereocenters. The van der Waals surface area contributed by atoms with Gasteiger partial charge in [-0.2, -0.15) is 0 Å². The van der Waals surface area contributed by atoms with E-state index >= 15 is 0 Å². The minimum Gasteiger partial charge on any atom is -0.274 e. The molecule has 0 radical (unpaired) electrons. The molecule has 0 N–H and O–H groups in total. The molecular formula is C33H40N2O4. The first kappa shape index (κ1) is 27.3. The molecule has 39 heavy (non-hydrogen) atoms. The number of carbonyl (C=O) groups excluding carboxylic acids is 4. The number of hydrogen-bond acceptors (Lipinski definition) is 4. The second kappa shape index (κ2) is 10.4. The number of nitrogens with zero attached hydrogens (tertiary/aromatic N) is 2. The Kier molecular flexibility index (Phi) is 7.25. The molecule has 2 aromatic carbocycles. The molecule has 0 bridgehead atoms. The molecule has 2 aromatic rings. The number of benzene rings is 2. The molecule has 2 atom stereocenters. The normalized spacial score (nSPS) is 22.6. The highest BCUT2D eigenvalue weighted by Gasteiger charge is 2.51. The average Bonchev–Trinajstić information content (AvgIpc) is 2.90. The lowest BCUT2D eigenvalue weighted by molar-refractivity contribution is -0.144. The Labute approximate surface area is 231 Å². The van der Waals surface area contributed by atoms with Crippen LogP contribution in [0.4, 0.5) is 0 Å². The van der Waals surface area contributed by atoms with Crippen molar-refractivity contribution in [1.29, 1.82) is 0 Å². The second-order valence-corrected chi connectivity index (χ2v) is 12.6. The number of aryl methyl sites for hydroxylation is 2. The van der Waals surface area contributed by atoms with Gasteiger partial charge in [0.2, 0.25) is 11.8 Å². The summed E-state index contributed by atoms with van der Waals surface area (Å²) in [5.74, 6) is -2.17. The van der Waals surface area contributed by atoms with Crippen molar-refractivity contribution in [2.75, 3.05) is 0 Å². The third kappa shape index (κ3) is 4.62. The maximum atomic E-state index is 14.0. The van der Waals surface area contributed by atoms with E-state index in [9.17, 15) is 19.2 Å². The van der Waals surface area contributed by atoms with Gasteiger partial charge in [0.15, 0.2) is 0 Å². The van der Waals surface area contributed by atoms with Crippen LogP contribution >= 0.6 is 0 Å². The first-order chi connectivity index (χ1) is 18.6. The predicted molar refractivity (Wildman–Crippen MR) is 150 cm³/mol. The Morgan fingerprint density at radius 2 is 1.15 bits per heavy atom. The van der Waals surface area contributed by atoms with Crippen LogP contribution in [0.15, 0.2) is 36.4 Å². The van der Waals surface area contributed by atoms with Gasteiger partial charge in [-0.25, -0.2) is 0 Å². The van der Waals surface area contributed by atoms with Crippen molar-refractivity contribution in [3.63, 3.8) is 0 Å². The fraction of sp³-hybridized carbons (Fsp3) is 0.515. The number of rotatable bonds is 3. The van der Waals surface area contributed by atoms with Gasteiger partial charge >= 0.3 is 0 Å². The Morgan fingerprint density at radius 1 is 0.744 bits per heavy atom. The molecule has 2 heterocycles. The number of hydrogen-bond donors (Lipinski definition) is 0. The van der Waals surface area contributed by atoms with Crippen LogP contribution in [-0.4, -0.2) is 39.6 Å². The summed E-state index contributed by atoms with van der Waals surface area (Å²) in [7, 11) is 0. The molecule has 0 aromatic heterocycles. The Morgan fingerprint density at radius 3 is 1.54 bits per heavy atom. The van der Waals surface area contributed by atoms with E-state index < -0.39 is 29.8 Å². The summed E-state index contributed by atoms with van der Waals surface area (Å²) in [4.78, 5) is 58.5. The minimum absolute atomic E-state index is 0.280. The summed E-state index contributed by atoms with van der Waals surface area (Å²) in [5, 5.41) is 0. The van der Waals surface area contributed by atoms with Crippen LogP contribution in [0.3, 0.4) is 0 Å². The SMILES string of the molecule is CC(C)(C)CC(N1C(=O)c2cccc3c2C(CCC3)C1=O)N1C(=O)c2cccc3c2C(CCC3)C1=O.CCC. The Balaban J connectivity index is 0.000000983. The highest BCUT2D eigenvalue weighted by atomic mass is 16.2. The lowest BCUT2D eigenvalue weighted by atomic mass is 9.75. The molecule has 0 spiro atoms. The van der Waals surface area contributed by atoms with Gasteiger partial charge < -0.3 is 0 Å². The maximum Gasteiger partial charge on any atom is 0.262 e. The third-order valence-electron chi connectivity index (χ3n) is 8.33. The smallest absolute Gasteiger partial charge is 0.262 e. The molecule has 206 valence electrons. The summed E-state index contributed by atoms with van der Waals surface area (Å²) in [6, 6.07) is 11.3. The van der Waals surface area contributed by atoms with Gasteiger partial charge in [0.25, 0.3) is 11.8 Å². The predicted octanol–water partition coefficient (Wildman–Crippen LogP) is 6.37. The lowest BCUT2D eigenvalue weighted by Gasteiger charge is -2.47. The summed E-state index contributed by atoms with van der Waals surface area (Å²) in [6.45, 7) is 10.3. The summed E-state index contributed by atoms with van der Waals surface area (Å²) in [5.41, 5.74) is 4.56. The fourth-order valence-electron chi connectivity index (χ4n) is 6.84. The Bertz CT molecular complexity index is 1240. The molecule has 2 aliphatic carbocycles. The molecule has 0 saturated heterocycles. The molecule has 4 aliphatic rings. The quantitative estimate of drug-likeness (QED) is 0.434. The van der Waals surface area contributed by atoms with Crippen molar-refractivity contribution in [2.45, 2.75) is 104 Å². The average molecular weight is 529 g/mol. The van der Waals surface area contributed by atoms with Gasteiger partial charge in [-0.15, -0.1) is 0 Å². The molecule has 4 amide bonds. The van der Waals surface area contributed by atoms with Crippen LogP contribution in [0.1, 0.15) is 128 Å². The molecule has 0 saturated carbocycles. The molecule has 2 aliphatic heterocycles. The first-order valence-electron chi connectivity index (χ1n) is 14.6. The molecule has 6 nitrogen and oxygen atoms in total. The fourth-order valence-corrected chi connectivity index (χ4v) is 6.84. The zero-order chi connectivity index (χ0) is 28.1. The van der Waals surface area contributed by atoms with Crippen LogP contribution in [0.5, 0.6) is 0 Å². The van der Waals surface area contributed by atoms with E-state index in [1.807, 2.05) is 45.0 Å². The van der Waals surface area contributed by atoms with Gasteiger partial charge in [0.05, 0.1) is 11.8 Å². The standard InChI is InChI=1S/C30H32N2O4.C3H8/c1-30(2,3)16-23(31-26(33)19-12-4-8-17-9-5-13-20(24(17)19)27(31)34)32-28(35)21-14-6-10-18-11-7-15-22(25(18)21)29(32)36;1-3-2/h4,6,8,10,12,14,20,22-23H,5,7,9,11,13,15-16H2,1-3H3;3H2,1-2H3. The summed E-state index contributed by atoms with van der Waals surface area (Å²) < 4.78 is 0. The van der Waals surface area contributed by atoms with Crippen LogP contribution in [-0.2, 0) is 22.4 Å². The largest absolute Gasteiger partial charge is 0.274 e. The van der Waals surface area contributed by atoms with Gasteiger partial charge in [-0.05, 0) is 84.7 Å². The number of amides is 4. The molecule has 0 fully saturated rings. The number of imide groups is 2. The van der Waals surface area contributed by atoms with Crippen molar-refractivity contribution < 1.29 is 19.2 Å². The topological polar surface area (TPSA) is 74.8 Å². The molecule has 6 rings (SSSR count). The van der Waals surface area contributed by atoms with Crippen molar-refractivity contribution in [3.8, 4) is 0 Å². The first-order valence-corrected chi connectivity index (χ1v) is 14.6. The highest BCUT2D eigenvalue weighted by molar-refractivity contribution is 6.15. The van der Waals surface area contributed by atoms with Crippen molar-refractivity contribution in [3.05, 3.63) is 69.8 Å².